The lowest BCUT2D eigenvalue weighted by Gasteiger charge is -2.13. The van der Waals surface area contributed by atoms with Crippen LogP contribution in [0.5, 0.6) is 0 Å². The van der Waals surface area contributed by atoms with Gasteiger partial charge in [-0.15, -0.1) is 0 Å². The summed E-state index contributed by atoms with van der Waals surface area (Å²) in [6, 6.07) is 10.8. The SMILES string of the molecule is FC(F)=Cc1ccc(-c2ccc(C(F)C(F)(F)F)cc2)cc1. The highest BCUT2D eigenvalue weighted by Gasteiger charge is 2.41. The molecule has 6 heteroatoms. The van der Waals surface area contributed by atoms with Crippen molar-refractivity contribution in [3.8, 4) is 11.1 Å². The van der Waals surface area contributed by atoms with Crippen LogP contribution in [0.25, 0.3) is 17.2 Å². The highest BCUT2D eigenvalue weighted by Crippen LogP contribution is 2.36. The second-order valence-corrected chi connectivity index (χ2v) is 4.58. The summed E-state index contributed by atoms with van der Waals surface area (Å²) in [7, 11) is 0. The van der Waals surface area contributed by atoms with Gasteiger partial charge in [0.15, 0.2) is 0 Å². The Bertz CT molecular complexity index is 649. The minimum atomic E-state index is -4.94. The smallest absolute Gasteiger partial charge is 0.232 e. The molecule has 0 aliphatic heterocycles. The average molecular weight is 316 g/mol. The second-order valence-electron chi connectivity index (χ2n) is 4.58. The summed E-state index contributed by atoms with van der Waals surface area (Å²) >= 11 is 0. The topological polar surface area (TPSA) is 0 Å². The van der Waals surface area contributed by atoms with Gasteiger partial charge in [-0.05, 0) is 22.3 Å². The summed E-state index contributed by atoms with van der Waals surface area (Å²) in [5, 5.41) is 0. The van der Waals surface area contributed by atoms with Gasteiger partial charge in [0.1, 0.15) is 0 Å². The lowest BCUT2D eigenvalue weighted by Crippen LogP contribution is -2.16. The molecule has 0 saturated heterocycles. The Morgan fingerprint density at radius 2 is 1.27 bits per heavy atom. The van der Waals surface area contributed by atoms with Crippen LogP contribution < -0.4 is 0 Å². The number of rotatable bonds is 3. The second kappa shape index (κ2) is 6.25. The molecule has 0 aromatic heterocycles. The van der Waals surface area contributed by atoms with Gasteiger partial charge in [-0.25, -0.2) is 4.39 Å². The van der Waals surface area contributed by atoms with Gasteiger partial charge >= 0.3 is 6.18 Å². The molecule has 22 heavy (non-hydrogen) atoms. The largest absolute Gasteiger partial charge is 0.423 e. The molecule has 0 amide bonds. The van der Waals surface area contributed by atoms with Crippen LogP contribution in [-0.2, 0) is 0 Å². The Morgan fingerprint density at radius 1 is 0.818 bits per heavy atom. The van der Waals surface area contributed by atoms with Crippen molar-refractivity contribution in [2.24, 2.45) is 0 Å². The molecule has 1 atom stereocenters. The van der Waals surface area contributed by atoms with Gasteiger partial charge < -0.3 is 0 Å². The van der Waals surface area contributed by atoms with Gasteiger partial charge in [-0.3, -0.25) is 0 Å². The van der Waals surface area contributed by atoms with Crippen LogP contribution in [0.3, 0.4) is 0 Å². The van der Waals surface area contributed by atoms with E-state index in [1.54, 1.807) is 12.1 Å². The van der Waals surface area contributed by atoms with Gasteiger partial charge in [0, 0.05) is 6.08 Å². The van der Waals surface area contributed by atoms with E-state index in [0.29, 0.717) is 22.8 Å². The molecular weight excluding hydrogens is 306 g/mol. The van der Waals surface area contributed by atoms with Crippen molar-refractivity contribution in [3.05, 3.63) is 65.7 Å². The third-order valence-electron chi connectivity index (χ3n) is 3.01. The lowest BCUT2D eigenvalue weighted by atomic mass is 10.0. The van der Waals surface area contributed by atoms with Gasteiger partial charge in [-0.2, -0.15) is 22.0 Å². The Kier molecular flexibility index (Phi) is 4.59. The maximum absolute atomic E-state index is 13.1. The molecule has 1 unspecified atom stereocenters. The van der Waals surface area contributed by atoms with E-state index in [1.165, 1.54) is 24.3 Å². The molecular formula is C16H10F6. The fourth-order valence-electron chi connectivity index (χ4n) is 1.93. The quantitative estimate of drug-likeness (QED) is 0.595. The van der Waals surface area contributed by atoms with Crippen LogP contribution in [0, 0.1) is 0 Å². The van der Waals surface area contributed by atoms with Crippen LogP contribution in [0.1, 0.15) is 17.3 Å². The van der Waals surface area contributed by atoms with Gasteiger partial charge in [0.05, 0.1) is 0 Å². The predicted molar refractivity (Wildman–Crippen MR) is 72.0 cm³/mol. The van der Waals surface area contributed by atoms with Gasteiger partial charge in [0.2, 0.25) is 6.17 Å². The number of hydrogen-bond donors (Lipinski definition) is 0. The first kappa shape index (κ1) is 16.1. The fourth-order valence-corrected chi connectivity index (χ4v) is 1.93. The van der Waals surface area contributed by atoms with Crippen molar-refractivity contribution in [2.45, 2.75) is 12.3 Å². The van der Waals surface area contributed by atoms with Crippen LogP contribution in [0.2, 0.25) is 0 Å². The summed E-state index contributed by atoms with van der Waals surface area (Å²) in [4.78, 5) is 0. The van der Waals surface area contributed by atoms with E-state index >= 15 is 0 Å². The van der Waals surface area contributed by atoms with E-state index in [4.69, 9.17) is 0 Å². The Balaban J connectivity index is 2.22. The highest BCUT2D eigenvalue weighted by atomic mass is 19.4. The van der Waals surface area contributed by atoms with Crippen molar-refractivity contribution in [2.75, 3.05) is 0 Å². The molecule has 0 spiro atoms. The summed E-state index contributed by atoms with van der Waals surface area (Å²) in [5.41, 5.74) is 1.02. The molecule has 2 aromatic carbocycles. The normalized spacial score (nSPS) is 12.8. The fraction of sp³-hybridized carbons (Fsp3) is 0.125. The number of benzene rings is 2. The third-order valence-corrected chi connectivity index (χ3v) is 3.01. The number of hydrogen-bond acceptors (Lipinski definition) is 0. The standard InChI is InChI=1S/C16H10F6/c17-14(18)9-10-1-3-11(4-2-10)12-5-7-13(8-6-12)15(19)16(20,21)22/h1-9,15H. The van der Waals surface area contributed by atoms with Crippen molar-refractivity contribution >= 4 is 6.08 Å². The predicted octanol–water partition coefficient (Wildman–Crippen LogP) is 6.16. The van der Waals surface area contributed by atoms with Crippen molar-refractivity contribution in [1.29, 1.82) is 0 Å². The molecule has 0 aliphatic rings. The Labute approximate surface area is 122 Å². The van der Waals surface area contributed by atoms with Crippen LogP contribution in [0.15, 0.2) is 54.6 Å². The zero-order chi connectivity index (χ0) is 16.3. The molecule has 0 nitrogen and oxygen atoms in total. The van der Waals surface area contributed by atoms with E-state index in [0.717, 1.165) is 12.1 Å². The minimum absolute atomic E-state index is 0.307. The summed E-state index contributed by atoms with van der Waals surface area (Å²) in [5.74, 6) is 0. The summed E-state index contributed by atoms with van der Waals surface area (Å²) in [6.45, 7) is 0. The summed E-state index contributed by atoms with van der Waals surface area (Å²) < 4.78 is 74.1. The lowest BCUT2D eigenvalue weighted by molar-refractivity contribution is -0.182. The molecule has 116 valence electrons. The van der Waals surface area contributed by atoms with Crippen molar-refractivity contribution in [3.63, 3.8) is 0 Å². The van der Waals surface area contributed by atoms with E-state index in [2.05, 4.69) is 0 Å². The molecule has 0 bridgehead atoms. The van der Waals surface area contributed by atoms with E-state index in [-0.39, 0.29) is 0 Å². The molecule has 0 fully saturated rings. The van der Waals surface area contributed by atoms with Crippen LogP contribution in [0.4, 0.5) is 26.3 Å². The molecule has 0 aliphatic carbocycles. The molecule has 0 saturated carbocycles. The molecule has 0 heterocycles. The summed E-state index contributed by atoms with van der Waals surface area (Å²) in [6.07, 6.45) is -9.09. The van der Waals surface area contributed by atoms with E-state index in [1.807, 2.05) is 0 Å². The zero-order valence-corrected chi connectivity index (χ0v) is 11.0. The Hall–Kier alpha value is -2.24. The van der Waals surface area contributed by atoms with Crippen LogP contribution >= 0.6 is 0 Å². The molecule has 2 aromatic rings. The molecule has 0 N–H and O–H groups in total. The number of halogens is 6. The first-order valence-corrected chi connectivity index (χ1v) is 6.21. The van der Waals surface area contributed by atoms with Crippen molar-refractivity contribution in [1.82, 2.24) is 0 Å². The van der Waals surface area contributed by atoms with E-state index in [9.17, 15) is 26.3 Å². The molecule has 2 rings (SSSR count). The first-order valence-electron chi connectivity index (χ1n) is 6.21. The van der Waals surface area contributed by atoms with Gasteiger partial charge in [0.25, 0.3) is 6.08 Å². The minimum Gasteiger partial charge on any atom is -0.232 e. The van der Waals surface area contributed by atoms with Crippen molar-refractivity contribution < 1.29 is 26.3 Å². The monoisotopic (exact) mass is 316 g/mol. The van der Waals surface area contributed by atoms with Gasteiger partial charge in [-0.1, -0.05) is 48.5 Å². The first-order chi connectivity index (χ1) is 10.3. The highest BCUT2D eigenvalue weighted by molar-refractivity contribution is 5.66. The number of alkyl halides is 4. The molecule has 0 radical (unpaired) electrons. The maximum Gasteiger partial charge on any atom is 0.423 e. The Morgan fingerprint density at radius 3 is 1.68 bits per heavy atom. The third kappa shape index (κ3) is 3.90. The zero-order valence-electron chi connectivity index (χ0n) is 11.0. The van der Waals surface area contributed by atoms with E-state index < -0.39 is 24.0 Å². The van der Waals surface area contributed by atoms with Crippen LogP contribution in [-0.4, -0.2) is 6.18 Å². The average Bonchev–Trinajstić information content (AvgIpc) is 2.46. The maximum atomic E-state index is 13.1.